The molecule has 3 atom stereocenters. The van der Waals surface area contributed by atoms with Crippen LogP contribution in [0.5, 0.6) is 11.5 Å². The van der Waals surface area contributed by atoms with Gasteiger partial charge in [-0.15, -0.1) is 16.4 Å². The first-order chi connectivity index (χ1) is 24.9. The molecule has 6 aromatic rings. The Kier molecular flexibility index (Phi) is 6.82. The summed E-state index contributed by atoms with van der Waals surface area (Å²) in [6.45, 7) is 0.986. The summed E-state index contributed by atoms with van der Waals surface area (Å²) in [6.07, 6.45) is 5.71. The van der Waals surface area contributed by atoms with E-state index in [-0.39, 0.29) is 35.6 Å². The molecule has 1 aliphatic carbocycles. The van der Waals surface area contributed by atoms with E-state index in [2.05, 4.69) is 27.6 Å². The second-order valence-electron chi connectivity index (χ2n) is 13.5. The summed E-state index contributed by atoms with van der Waals surface area (Å²) in [7, 11) is 1.70. The van der Waals surface area contributed by atoms with Gasteiger partial charge in [0.2, 0.25) is 0 Å². The molecular weight excluding hydrogens is 672 g/mol. The Morgan fingerprint density at radius 2 is 2.02 bits per heavy atom. The quantitative estimate of drug-likeness (QED) is 0.181. The molecule has 1 amide bonds. The summed E-state index contributed by atoms with van der Waals surface area (Å²) in [5, 5.41) is 11.4. The third-order valence-electron chi connectivity index (χ3n) is 10.7. The van der Waals surface area contributed by atoms with Crippen molar-refractivity contribution in [3.63, 3.8) is 0 Å². The number of pyridine rings is 2. The molecule has 0 radical (unpaired) electrons. The maximum absolute atomic E-state index is 14.3. The van der Waals surface area contributed by atoms with Crippen molar-refractivity contribution in [2.45, 2.75) is 50.1 Å². The van der Waals surface area contributed by atoms with E-state index in [1.165, 1.54) is 34.6 Å². The van der Waals surface area contributed by atoms with Gasteiger partial charge in [-0.1, -0.05) is 18.2 Å². The van der Waals surface area contributed by atoms with Gasteiger partial charge >= 0.3 is 5.76 Å². The number of amides is 1. The molecule has 0 saturated carbocycles. The van der Waals surface area contributed by atoms with Crippen LogP contribution in [0.4, 0.5) is 10.2 Å². The van der Waals surface area contributed by atoms with Crippen LogP contribution in [0.3, 0.4) is 0 Å². The van der Waals surface area contributed by atoms with Crippen LogP contribution < -0.4 is 20.5 Å². The molecule has 13 heteroatoms. The zero-order valence-corrected chi connectivity index (χ0v) is 28.3. The summed E-state index contributed by atoms with van der Waals surface area (Å²) in [5.74, 6) is 0.909. The van der Waals surface area contributed by atoms with E-state index in [0.29, 0.717) is 47.7 Å². The van der Waals surface area contributed by atoms with Crippen molar-refractivity contribution in [2.75, 3.05) is 25.6 Å². The summed E-state index contributed by atoms with van der Waals surface area (Å²) >= 11 is 1.53. The van der Waals surface area contributed by atoms with E-state index in [1.807, 2.05) is 23.1 Å². The molecule has 0 bridgehead atoms. The summed E-state index contributed by atoms with van der Waals surface area (Å²) in [5.41, 5.74) is 6.30. The number of hydrogen-bond acceptors (Lipinski definition) is 10. The van der Waals surface area contributed by atoms with E-state index in [9.17, 15) is 14.0 Å². The number of halogens is 1. The van der Waals surface area contributed by atoms with E-state index < -0.39 is 5.76 Å². The number of hydrogen-bond donors (Lipinski definition) is 2. The van der Waals surface area contributed by atoms with Crippen molar-refractivity contribution in [1.82, 2.24) is 25.1 Å². The minimum atomic E-state index is -0.708. The maximum atomic E-state index is 14.3. The van der Waals surface area contributed by atoms with Crippen molar-refractivity contribution in [3.8, 4) is 33.4 Å². The smallest absolute Gasteiger partial charge is 0.434 e. The number of anilines is 1. The molecule has 4 aliphatic rings. The lowest BCUT2D eigenvalue weighted by molar-refractivity contribution is 0.0776. The van der Waals surface area contributed by atoms with Gasteiger partial charge in [0, 0.05) is 47.2 Å². The highest BCUT2D eigenvalue weighted by molar-refractivity contribution is 7.23. The van der Waals surface area contributed by atoms with Gasteiger partial charge in [0.1, 0.15) is 23.1 Å². The van der Waals surface area contributed by atoms with Crippen LogP contribution in [-0.4, -0.2) is 51.2 Å². The molecule has 0 unspecified atom stereocenters. The predicted molar refractivity (Wildman–Crippen MR) is 188 cm³/mol. The fraction of sp³-hybridized carbons (Fsp3) is 0.289. The lowest BCUT2D eigenvalue weighted by atomic mass is 9.89. The highest BCUT2D eigenvalue weighted by atomic mass is 32.1. The number of ether oxygens (including phenoxy) is 2. The third-order valence-corrected chi connectivity index (χ3v) is 11.9. The van der Waals surface area contributed by atoms with Gasteiger partial charge in [-0.2, -0.15) is 0 Å². The topological polar surface area (TPSA) is 135 Å². The van der Waals surface area contributed by atoms with Gasteiger partial charge in [-0.3, -0.25) is 9.78 Å². The molecule has 2 aromatic carbocycles. The maximum Gasteiger partial charge on any atom is 0.434 e. The molecule has 7 heterocycles. The van der Waals surface area contributed by atoms with Crippen molar-refractivity contribution in [2.24, 2.45) is 0 Å². The number of thiophene rings is 1. The molecule has 11 nitrogen and oxygen atoms in total. The van der Waals surface area contributed by atoms with E-state index >= 15 is 0 Å². The normalized spacial score (nSPS) is 20.0. The number of aromatic nitrogens is 4. The fourth-order valence-electron chi connectivity index (χ4n) is 8.48. The first-order valence-electron chi connectivity index (χ1n) is 17.1. The lowest BCUT2D eigenvalue weighted by Crippen LogP contribution is -2.22. The Bertz CT molecular complexity index is 2470. The average Bonchev–Trinajstić information content (AvgIpc) is 3.99. The molecular formula is C38H31FN6O5S. The molecule has 51 heavy (non-hydrogen) atoms. The zero-order valence-electron chi connectivity index (χ0n) is 27.5. The molecule has 1 fully saturated rings. The van der Waals surface area contributed by atoms with Gasteiger partial charge in [-0.05, 0) is 66.5 Å². The van der Waals surface area contributed by atoms with Crippen LogP contribution >= 0.6 is 11.3 Å². The van der Waals surface area contributed by atoms with Crippen LogP contribution in [0.25, 0.3) is 32.0 Å². The number of aromatic amines is 1. The average molecular weight is 703 g/mol. The molecule has 1 saturated heterocycles. The van der Waals surface area contributed by atoms with Gasteiger partial charge in [0.25, 0.3) is 11.8 Å². The van der Waals surface area contributed by atoms with Crippen molar-refractivity contribution in [3.05, 3.63) is 105 Å². The Balaban J connectivity index is 1.15. The number of H-pyrrole nitrogens is 1. The predicted octanol–water partition coefficient (Wildman–Crippen LogP) is 6.96. The minimum absolute atomic E-state index is 0.0585. The Morgan fingerprint density at radius 1 is 1.10 bits per heavy atom. The molecule has 2 N–H and O–H groups in total. The van der Waals surface area contributed by atoms with Crippen LogP contribution in [0.2, 0.25) is 0 Å². The summed E-state index contributed by atoms with van der Waals surface area (Å²) < 4.78 is 32.2. The Hall–Kier alpha value is -5.56. The number of methoxy groups -OCH3 is 1. The molecule has 4 aromatic heterocycles. The number of carbonyl (C=O) groups is 1. The Labute approximate surface area is 294 Å². The van der Waals surface area contributed by atoms with E-state index in [0.717, 1.165) is 63.5 Å². The fourth-order valence-corrected chi connectivity index (χ4v) is 9.65. The second kappa shape index (κ2) is 11.5. The molecule has 10 rings (SSSR count). The Morgan fingerprint density at radius 3 is 2.88 bits per heavy atom. The highest BCUT2D eigenvalue weighted by Crippen LogP contribution is 2.51. The van der Waals surface area contributed by atoms with Crippen LogP contribution in [0.15, 0.2) is 63.9 Å². The van der Waals surface area contributed by atoms with Gasteiger partial charge in [-0.25, -0.2) is 19.3 Å². The highest BCUT2D eigenvalue weighted by Gasteiger charge is 2.45. The molecule has 0 spiro atoms. The SMILES string of the molecule is COc1cccc2c1CC[C@H]2Nc1nccc2cc(-c3c4c(nc(C[C@H]5COc6cc(F)ccc65)c3-c3n[nH]c(=O)o3)[C@H]3CCCN3C4=O)sc12. The second-order valence-corrected chi connectivity index (χ2v) is 14.5. The number of nitrogens with one attached hydrogen (secondary N) is 2. The first-order valence-corrected chi connectivity index (χ1v) is 17.9. The first kappa shape index (κ1) is 30.3. The zero-order chi connectivity index (χ0) is 34.4. The molecule has 256 valence electrons. The third kappa shape index (κ3) is 4.70. The summed E-state index contributed by atoms with van der Waals surface area (Å²) in [4.78, 5) is 39.4. The van der Waals surface area contributed by atoms with Crippen molar-refractivity contribution < 1.29 is 23.1 Å². The number of carbonyl (C=O) groups excluding carboxylic acids is 1. The number of nitrogens with zero attached hydrogens (tertiary/aromatic N) is 4. The van der Waals surface area contributed by atoms with Gasteiger partial charge in [0.15, 0.2) is 0 Å². The van der Waals surface area contributed by atoms with Gasteiger partial charge < -0.3 is 24.1 Å². The molecule has 3 aliphatic heterocycles. The number of benzene rings is 2. The van der Waals surface area contributed by atoms with Crippen LogP contribution in [-0.2, 0) is 12.8 Å². The van der Waals surface area contributed by atoms with E-state index in [4.69, 9.17) is 23.9 Å². The van der Waals surface area contributed by atoms with E-state index in [1.54, 1.807) is 19.4 Å². The number of fused-ring (bicyclic) bond motifs is 6. The number of rotatable bonds is 7. The summed E-state index contributed by atoms with van der Waals surface area (Å²) in [6, 6.07) is 14.7. The standard InChI is InChI=1S/C38H31FN6O5S/c1-48-27-6-2-4-22-23(27)9-10-24(22)42-35-34-18(11-12-40-35)15-29(51-34)31-30(36-43-44-38(47)50-36)25(14-19-17-49-28-16-20(39)7-8-21(19)28)41-33-26-5-3-13-45(26)37(46)32(31)33/h2,4,6-8,11-12,15-16,19,24,26H,3,5,9-10,13-14,17H2,1H3,(H,40,42)(H,44,47)/t19-,24+,26+/m0/s1. The van der Waals surface area contributed by atoms with Crippen LogP contribution in [0.1, 0.15) is 75.7 Å². The van der Waals surface area contributed by atoms with Gasteiger partial charge in [0.05, 0.1) is 53.0 Å². The lowest BCUT2D eigenvalue weighted by Gasteiger charge is -2.18. The minimum Gasteiger partial charge on any atom is -0.496 e. The largest absolute Gasteiger partial charge is 0.496 e. The van der Waals surface area contributed by atoms with Crippen molar-refractivity contribution >= 4 is 33.1 Å². The monoisotopic (exact) mass is 702 g/mol. The van der Waals surface area contributed by atoms with Crippen LogP contribution in [0, 0.1) is 5.82 Å². The van der Waals surface area contributed by atoms with Crippen molar-refractivity contribution in [1.29, 1.82) is 0 Å².